The molecular weight excluding hydrogens is 242 g/mol. The van der Waals surface area contributed by atoms with Crippen molar-refractivity contribution in [1.82, 2.24) is 5.32 Å². The Balaban J connectivity index is 1.96. The summed E-state index contributed by atoms with van der Waals surface area (Å²) in [5.41, 5.74) is 1.55. The van der Waals surface area contributed by atoms with Gasteiger partial charge in [-0.3, -0.25) is 0 Å². The van der Waals surface area contributed by atoms with E-state index in [0.717, 1.165) is 12.5 Å². The topological polar surface area (TPSA) is 12.0 Å². The van der Waals surface area contributed by atoms with E-state index in [9.17, 15) is 0 Å². The molecule has 1 N–H and O–H groups in total. The lowest BCUT2D eigenvalue weighted by atomic mass is 9.76. The minimum Gasteiger partial charge on any atom is -0.309 e. The summed E-state index contributed by atoms with van der Waals surface area (Å²) in [4.78, 5) is 0. The molecule has 1 heterocycles. The Morgan fingerprint density at radius 3 is 2.45 bits per heavy atom. The van der Waals surface area contributed by atoms with E-state index in [1.165, 1.54) is 31.2 Å². The van der Waals surface area contributed by atoms with Crippen LogP contribution in [-0.2, 0) is 5.41 Å². The van der Waals surface area contributed by atoms with Gasteiger partial charge in [-0.25, -0.2) is 0 Å². The Morgan fingerprint density at radius 2 is 1.85 bits per heavy atom. The number of unbranched alkanes of at least 4 members (excludes halogenated alkanes) is 2. The zero-order chi connectivity index (χ0) is 14.4. The average Bonchev–Trinajstić information content (AvgIpc) is 2.49. The van der Waals surface area contributed by atoms with Gasteiger partial charge in [0.25, 0.3) is 0 Å². The fourth-order valence-electron chi connectivity index (χ4n) is 3.08. The molecule has 0 saturated heterocycles. The summed E-state index contributed by atoms with van der Waals surface area (Å²) in [7, 11) is 0. The molecule has 0 fully saturated rings. The van der Waals surface area contributed by atoms with Crippen molar-refractivity contribution in [3.05, 3.63) is 48.0 Å². The van der Waals surface area contributed by atoms with Gasteiger partial charge in [0.2, 0.25) is 0 Å². The molecule has 2 rings (SSSR count). The standard InChI is InChI=1S/C19H29N/c1-4-5-7-10-16-13-14-18(20-15-16)19(2,3)17-11-8-6-9-12-17/h6,8-9,11-14,16,18,20H,4-5,7,10,15H2,1-3H3. The third-order valence-electron chi connectivity index (χ3n) is 4.65. The zero-order valence-corrected chi connectivity index (χ0v) is 13.2. The molecule has 0 aromatic heterocycles. The summed E-state index contributed by atoms with van der Waals surface area (Å²) in [5.74, 6) is 0.726. The summed E-state index contributed by atoms with van der Waals surface area (Å²) < 4.78 is 0. The molecule has 1 aromatic carbocycles. The molecule has 1 nitrogen and oxygen atoms in total. The van der Waals surface area contributed by atoms with Gasteiger partial charge in [-0.2, -0.15) is 0 Å². The predicted molar refractivity (Wildman–Crippen MR) is 88.0 cm³/mol. The highest BCUT2D eigenvalue weighted by Gasteiger charge is 2.31. The smallest absolute Gasteiger partial charge is 0.0342 e. The van der Waals surface area contributed by atoms with Gasteiger partial charge in [0.05, 0.1) is 0 Å². The summed E-state index contributed by atoms with van der Waals surface area (Å²) in [6.07, 6.45) is 10.2. The van der Waals surface area contributed by atoms with Crippen molar-refractivity contribution in [2.45, 2.75) is 57.9 Å². The minimum atomic E-state index is 0.145. The fourth-order valence-corrected chi connectivity index (χ4v) is 3.08. The second-order valence-corrected chi connectivity index (χ2v) is 6.61. The monoisotopic (exact) mass is 271 g/mol. The molecule has 2 atom stereocenters. The maximum absolute atomic E-state index is 3.75. The predicted octanol–water partition coefficient (Wildman–Crippen LogP) is 4.69. The Labute approximate surface area is 124 Å². The van der Waals surface area contributed by atoms with Gasteiger partial charge in [0.1, 0.15) is 0 Å². The average molecular weight is 271 g/mol. The highest BCUT2D eigenvalue weighted by molar-refractivity contribution is 5.28. The lowest BCUT2D eigenvalue weighted by Crippen LogP contribution is -2.47. The highest BCUT2D eigenvalue weighted by atomic mass is 14.9. The van der Waals surface area contributed by atoms with E-state index in [0.29, 0.717) is 6.04 Å². The Bertz CT molecular complexity index is 419. The quantitative estimate of drug-likeness (QED) is 0.584. The number of hydrogen-bond acceptors (Lipinski definition) is 1. The van der Waals surface area contributed by atoms with Gasteiger partial charge in [0.15, 0.2) is 0 Å². The van der Waals surface area contributed by atoms with Gasteiger partial charge in [-0.05, 0) is 17.9 Å². The van der Waals surface area contributed by atoms with Crippen LogP contribution in [0.3, 0.4) is 0 Å². The molecule has 110 valence electrons. The summed E-state index contributed by atoms with van der Waals surface area (Å²) in [5, 5.41) is 3.75. The lowest BCUT2D eigenvalue weighted by Gasteiger charge is -2.37. The second-order valence-electron chi connectivity index (χ2n) is 6.61. The van der Waals surface area contributed by atoms with E-state index < -0.39 is 0 Å². The first-order valence-corrected chi connectivity index (χ1v) is 8.12. The maximum Gasteiger partial charge on any atom is 0.0342 e. The van der Waals surface area contributed by atoms with E-state index in [-0.39, 0.29) is 5.41 Å². The van der Waals surface area contributed by atoms with Crippen LogP contribution in [0.4, 0.5) is 0 Å². The molecule has 20 heavy (non-hydrogen) atoms. The molecule has 0 radical (unpaired) electrons. The van der Waals surface area contributed by atoms with Crippen molar-refractivity contribution in [3.63, 3.8) is 0 Å². The first kappa shape index (κ1) is 15.3. The van der Waals surface area contributed by atoms with Crippen molar-refractivity contribution in [2.24, 2.45) is 5.92 Å². The molecule has 1 aliphatic rings. The summed E-state index contributed by atoms with van der Waals surface area (Å²) in [6, 6.07) is 11.3. The normalized spacial score (nSPS) is 22.9. The van der Waals surface area contributed by atoms with Crippen molar-refractivity contribution in [3.8, 4) is 0 Å². The third-order valence-corrected chi connectivity index (χ3v) is 4.65. The first-order valence-electron chi connectivity index (χ1n) is 8.12. The van der Waals surface area contributed by atoms with Gasteiger partial charge in [0, 0.05) is 18.0 Å². The molecule has 1 heteroatoms. The van der Waals surface area contributed by atoms with Gasteiger partial charge < -0.3 is 5.32 Å². The van der Waals surface area contributed by atoms with Crippen LogP contribution in [-0.4, -0.2) is 12.6 Å². The molecule has 0 bridgehead atoms. The van der Waals surface area contributed by atoms with Gasteiger partial charge in [-0.1, -0.05) is 82.5 Å². The van der Waals surface area contributed by atoms with Crippen molar-refractivity contribution in [2.75, 3.05) is 6.54 Å². The molecule has 0 saturated carbocycles. The van der Waals surface area contributed by atoms with Crippen LogP contribution in [0.1, 0.15) is 52.0 Å². The van der Waals surface area contributed by atoms with E-state index in [1.807, 2.05) is 0 Å². The minimum absolute atomic E-state index is 0.145. The molecule has 1 aliphatic heterocycles. The van der Waals surface area contributed by atoms with Crippen molar-refractivity contribution < 1.29 is 0 Å². The molecule has 2 unspecified atom stereocenters. The number of nitrogens with one attached hydrogen (secondary N) is 1. The summed E-state index contributed by atoms with van der Waals surface area (Å²) in [6.45, 7) is 8.07. The highest BCUT2D eigenvalue weighted by Crippen LogP contribution is 2.30. The summed E-state index contributed by atoms with van der Waals surface area (Å²) >= 11 is 0. The molecule has 0 aliphatic carbocycles. The van der Waals surface area contributed by atoms with Crippen LogP contribution < -0.4 is 5.32 Å². The number of hydrogen-bond donors (Lipinski definition) is 1. The zero-order valence-electron chi connectivity index (χ0n) is 13.2. The number of rotatable bonds is 6. The van der Waals surface area contributed by atoms with E-state index in [1.54, 1.807) is 0 Å². The third kappa shape index (κ3) is 3.73. The fraction of sp³-hybridized carbons (Fsp3) is 0.579. The maximum atomic E-state index is 3.75. The van der Waals surface area contributed by atoms with Gasteiger partial charge >= 0.3 is 0 Å². The SMILES string of the molecule is CCCCCC1C=CC(C(C)(C)c2ccccc2)NC1. The van der Waals surface area contributed by atoms with Crippen molar-refractivity contribution in [1.29, 1.82) is 0 Å². The van der Waals surface area contributed by atoms with Crippen LogP contribution >= 0.6 is 0 Å². The Kier molecular flexibility index (Phi) is 5.42. The van der Waals surface area contributed by atoms with E-state index >= 15 is 0 Å². The van der Waals surface area contributed by atoms with Crippen LogP contribution in [0, 0.1) is 5.92 Å². The van der Waals surface area contributed by atoms with Crippen LogP contribution in [0.5, 0.6) is 0 Å². The van der Waals surface area contributed by atoms with Crippen LogP contribution in [0.25, 0.3) is 0 Å². The molecule has 1 aromatic rings. The van der Waals surface area contributed by atoms with Gasteiger partial charge in [-0.15, -0.1) is 0 Å². The largest absolute Gasteiger partial charge is 0.309 e. The number of benzene rings is 1. The van der Waals surface area contributed by atoms with Crippen LogP contribution in [0.15, 0.2) is 42.5 Å². The van der Waals surface area contributed by atoms with E-state index in [4.69, 9.17) is 0 Å². The van der Waals surface area contributed by atoms with Crippen molar-refractivity contribution >= 4 is 0 Å². The lowest BCUT2D eigenvalue weighted by molar-refractivity contribution is 0.351. The molecular formula is C19H29N. The molecule has 0 amide bonds. The first-order chi connectivity index (χ1) is 9.64. The molecule has 0 spiro atoms. The second kappa shape index (κ2) is 7.08. The van der Waals surface area contributed by atoms with E-state index in [2.05, 4.69) is 68.6 Å². The Hall–Kier alpha value is -1.08. The van der Waals surface area contributed by atoms with Crippen LogP contribution in [0.2, 0.25) is 0 Å². The Morgan fingerprint density at radius 1 is 1.10 bits per heavy atom.